The third kappa shape index (κ3) is 3.58. The second-order valence-electron chi connectivity index (χ2n) is 6.50. The Hall–Kier alpha value is -3.47. The van der Waals surface area contributed by atoms with Gasteiger partial charge in [0, 0.05) is 12.3 Å². The number of aryl methyl sites for hydroxylation is 1. The molecule has 0 atom stereocenters. The van der Waals surface area contributed by atoms with E-state index in [4.69, 9.17) is 4.74 Å². The van der Waals surface area contributed by atoms with Gasteiger partial charge in [0.05, 0.1) is 12.1 Å². The second kappa shape index (κ2) is 7.03. The number of esters is 1. The smallest absolute Gasteiger partial charge is 0.310 e. The Labute approximate surface area is 155 Å². The number of benzene rings is 2. The molecule has 2 heterocycles. The average Bonchev–Trinajstić information content (AvgIpc) is 2.67. The summed E-state index contributed by atoms with van der Waals surface area (Å²) < 4.78 is 6.84. The van der Waals surface area contributed by atoms with E-state index in [2.05, 4.69) is 4.98 Å². The number of fused-ring (bicyclic) bond motifs is 2. The highest BCUT2D eigenvalue weighted by atomic mass is 16.5. The number of nitrogens with zero attached hydrogens (tertiary/aromatic N) is 2. The number of hydrogen-bond acceptors (Lipinski definition) is 4. The van der Waals surface area contributed by atoms with Crippen molar-refractivity contribution in [1.29, 1.82) is 0 Å². The molecule has 4 rings (SSSR count). The van der Waals surface area contributed by atoms with Gasteiger partial charge in [-0.3, -0.25) is 14.0 Å². The van der Waals surface area contributed by atoms with Gasteiger partial charge in [0.15, 0.2) is 0 Å². The molecule has 0 spiro atoms. The van der Waals surface area contributed by atoms with E-state index in [0.29, 0.717) is 11.3 Å². The van der Waals surface area contributed by atoms with E-state index in [0.717, 1.165) is 21.9 Å². The first-order valence-electron chi connectivity index (χ1n) is 8.71. The molecule has 0 aliphatic rings. The summed E-state index contributed by atoms with van der Waals surface area (Å²) in [6.07, 6.45) is 1.91. The molecule has 5 heteroatoms. The Morgan fingerprint density at radius 2 is 1.89 bits per heavy atom. The first-order chi connectivity index (χ1) is 13.1. The highest BCUT2D eigenvalue weighted by molar-refractivity contribution is 5.88. The minimum atomic E-state index is -0.350. The zero-order valence-electron chi connectivity index (χ0n) is 14.9. The Kier molecular flexibility index (Phi) is 4.42. The zero-order valence-corrected chi connectivity index (χ0v) is 14.9. The van der Waals surface area contributed by atoms with Gasteiger partial charge in [-0.15, -0.1) is 0 Å². The average molecular weight is 358 g/mol. The van der Waals surface area contributed by atoms with Gasteiger partial charge in [0.1, 0.15) is 12.3 Å². The topological polar surface area (TPSA) is 60.7 Å². The SMILES string of the molecule is Cc1ccc2nc(COC(=O)Cc3cccc4ccccc34)cc(=O)n2c1. The van der Waals surface area contributed by atoms with Crippen LogP contribution in [0, 0.1) is 6.92 Å². The quantitative estimate of drug-likeness (QED) is 0.524. The molecule has 2 aromatic heterocycles. The van der Waals surface area contributed by atoms with Crippen molar-refractivity contribution < 1.29 is 9.53 Å². The van der Waals surface area contributed by atoms with Crippen molar-refractivity contribution in [2.45, 2.75) is 20.0 Å². The molecule has 0 saturated heterocycles. The van der Waals surface area contributed by atoms with Crippen LogP contribution in [0.2, 0.25) is 0 Å². The molecular weight excluding hydrogens is 340 g/mol. The third-order valence-corrected chi connectivity index (χ3v) is 4.46. The van der Waals surface area contributed by atoms with Crippen LogP contribution < -0.4 is 5.56 Å². The van der Waals surface area contributed by atoms with Crippen molar-refractivity contribution in [1.82, 2.24) is 9.38 Å². The predicted octanol–water partition coefficient (Wildman–Crippen LogP) is 3.44. The molecule has 2 aromatic carbocycles. The zero-order chi connectivity index (χ0) is 18.8. The lowest BCUT2D eigenvalue weighted by atomic mass is 10.0. The second-order valence-corrected chi connectivity index (χ2v) is 6.50. The Morgan fingerprint density at radius 3 is 2.78 bits per heavy atom. The van der Waals surface area contributed by atoms with Gasteiger partial charge in [0.2, 0.25) is 0 Å². The number of carbonyl (C=O) groups excluding carboxylic acids is 1. The molecule has 5 nitrogen and oxygen atoms in total. The monoisotopic (exact) mass is 358 g/mol. The van der Waals surface area contributed by atoms with Crippen LogP contribution in [0.1, 0.15) is 16.8 Å². The van der Waals surface area contributed by atoms with Gasteiger partial charge in [-0.2, -0.15) is 0 Å². The highest BCUT2D eigenvalue weighted by Crippen LogP contribution is 2.19. The fourth-order valence-electron chi connectivity index (χ4n) is 3.14. The maximum atomic E-state index is 12.3. The van der Waals surface area contributed by atoms with Crippen LogP contribution in [-0.2, 0) is 22.6 Å². The summed E-state index contributed by atoms with van der Waals surface area (Å²) in [4.78, 5) is 28.9. The largest absolute Gasteiger partial charge is 0.459 e. The lowest BCUT2D eigenvalue weighted by Crippen LogP contribution is -2.17. The van der Waals surface area contributed by atoms with Gasteiger partial charge in [0.25, 0.3) is 5.56 Å². The van der Waals surface area contributed by atoms with E-state index in [1.807, 2.05) is 55.5 Å². The van der Waals surface area contributed by atoms with Crippen LogP contribution in [-0.4, -0.2) is 15.4 Å². The van der Waals surface area contributed by atoms with Crippen molar-refractivity contribution >= 4 is 22.4 Å². The summed E-state index contributed by atoms with van der Waals surface area (Å²) in [6.45, 7) is 1.89. The Balaban J connectivity index is 1.50. The lowest BCUT2D eigenvalue weighted by Gasteiger charge is -2.08. The summed E-state index contributed by atoms with van der Waals surface area (Å²) in [7, 11) is 0. The molecular formula is C22H18N2O3. The van der Waals surface area contributed by atoms with Crippen LogP contribution in [0.15, 0.2) is 71.7 Å². The van der Waals surface area contributed by atoms with E-state index in [9.17, 15) is 9.59 Å². The molecule has 0 aliphatic carbocycles. The van der Waals surface area contributed by atoms with Gasteiger partial charge in [-0.25, -0.2) is 4.98 Å². The first kappa shape index (κ1) is 17.0. The summed E-state index contributed by atoms with van der Waals surface area (Å²) >= 11 is 0. The van der Waals surface area contributed by atoms with Gasteiger partial charge in [-0.1, -0.05) is 48.5 Å². The molecule has 0 unspecified atom stereocenters. The fourth-order valence-corrected chi connectivity index (χ4v) is 3.14. The number of aromatic nitrogens is 2. The summed E-state index contributed by atoms with van der Waals surface area (Å²) in [5, 5.41) is 2.12. The van der Waals surface area contributed by atoms with Crippen LogP contribution >= 0.6 is 0 Å². The van der Waals surface area contributed by atoms with E-state index < -0.39 is 0 Å². The summed E-state index contributed by atoms with van der Waals surface area (Å²) in [5.41, 5.74) is 2.67. The number of hydrogen-bond donors (Lipinski definition) is 0. The van der Waals surface area contributed by atoms with Crippen molar-refractivity contribution in [2.24, 2.45) is 0 Å². The fraction of sp³-hybridized carbons (Fsp3) is 0.136. The van der Waals surface area contributed by atoms with Crippen molar-refractivity contribution in [3.63, 3.8) is 0 Å². The van der Waals surface area contributed by atoms with Crippen LogP contribution in [0.25, 0.3) is 16.4 Å². The Bertz CT molecular complexity index is 1210. The molecule has 0 bridgehead atoms. The Morgan fingerprint density at radius 1 is 1.07 bits per heavy atom. The molecule has 0 aliphatic heterocycles. The van der Waals surface area contributed by atoms with E-state index in [1.165, 1.54) is 10.5 Å². The minimum Gasteiger partial charge on any atom is -0.459 e. The predicted molar refractivity (Wildman–Crippen MR) is 104 cm³/mol. The van der Waals surface area contributed by atoms with E-state index in [-0.39, 0.29) is 24.6 Å². The van der Waals surface area contributed by atoms with Gasteiger partial charge < -0.3 is 4.74 Å². The minimum absolute atomic E-state index is 0.0246. The van der Waals surface area contributed by atoms with Crippen molar-refractivity contribution in [3.8, 4) is 0 Å². The summed E-state index contributed by atoms with van der Waals surface area (Å²) in [5.74, 6) is -0.350. The molecule has 4 aromatic rings. The molecule has 134 valence electrons. The number of rotatable bonds is 4. The molecule has 0 saturated carbocycles. The number of pyridine rings is 1. The normalized spacial score (nSPS) is 11.0. The van der Waals surface area contributed by atoms with Crippen LogP contribution in [0.3, 0.4) is 0 Å². The molecule has 0 radical (unpaired) electrons. The van der Waals surface area contributed by atoms with Crippen molar-refractivity contribution in [3.05, 3.63) is 94.0 Å². The third-order valence-electron chi connectivity index (χ3n) is 4.46. The number of carbonyl (C=O) groups is 1. The molecule has 0 fully saturated rings. The summed E-state index contributed by atoms with van der Waals surface area (Å²) in [6, 6.07) is 18.8. The molecule has 0 N–H and O–H groups in total. The lowest BCUT2D eigenvalue weighted by molar-refractivity contribution is -0.144. The van der Waals surface area contributed by atoms with Crippen molar-refractivity contribution in [2.75, 3.05) is 0 Å². The van der Waals surface area contributed by atoms with E-state index >= 15 is 0 Å². The maximum absolute atomic E-state index is 12.3. The molecule has 0 amide bonds. The van der Waals surface area contributed by atoms with E-state index in [1.54, 1.807) is 12.3 Å². The van der Waals surface area contributed by atoms with Gasteiger partial charge >= 0.3 is 5.97 Å². The van der Waals surface area contributed by atoms with Crippen LogP contribution in [0.5, 0.6) is 0 Å². The highest BCUT2D eigenvalue weighted by Gasteiger charge is 2.10. The standard InChI is InChI=1S/C22H18N2O3/c1-15-9-10-20-23-18(12-21(25)24(20)13-15)14-27-22(26)11-17-7-4-6-16-5-2-3-8-19(16)17/h2-10,12-13H,11,14H2,1H3. The maximum Gasteiger partial charge on any atom is 0.310 e. The molecule has 27 heavy (non-hydrogen) atoms. The van der Waals surface area contributed by atoms with Gasteiger partial charge in [-0.05, 0) is 34.9 Å². The van der Waals surface area contributed by atoms with Crippen LogP contribution in [0.4, 0.5) is 0 Å². The number of ether oxygens (including phenoxy) is 1. The first-order valence-corrected chi connectivity index (χ1v) is 8.71.